The fourth-order valence-corrected chi connectivity index (χ4v) is 2.95. The number of esters is 1. The van der Waals surface area contributed by atoms with E-state index in [2.05, 4.69) is 10.5 Å². The molecule has 1 heterocycles. The molecular formula is C22H18Cl2N2O4. The Morgan fingerprint density at radius 3 is 2.57 bits per heavy atom. The average molecular weight is 445 g/mol. The zero-order valence-corrected chi connectivity index (χ0v) is 17.7. The van der Waals surface area contributed by atoms with Crippen molar-refractivity contribution in [2.75, 3.05) is 0 Å². The van der Waals surface area contributed by atoms with Crippen molar-refractivity contribution in [1.29, 1.82) is 0 Å². The lowest BCUT2D eigenvalue weighted by Gasteiger charge is -2.11. The van der Waals surface area contributed by atoms with Crippen LogP contribution in [0.25, 0.3) is 11.3 Å². The van der Waals surface area contributed by atoms with Crippen LogP contribution in [0.3, 0.4) is 0 Å². The Bertz CT molecular complexity index is 1110. The first-order valence-electron chi connectivity index (χ1n) is 9.03. The molecule has 0 aliphatic carbocycles. The maximum atomic E-state index is 12.4. The second-order valence-electron chi connectivity index (χ2n) is 6.56. The molecule has 0 saturated heterocycles. The first-order valence-corrected chi connectivity index (χ1v) is 9.79. The third-order valence-electron chi connectivity index (χ3n) is 3.88. The van der Waals surface area contributed by atoms with E-state index < -0.39 is 11.9 Å². The van der Waals surface area contributed by atoms with Crippen LogP contribution >= 0.6 is 23.2 Å². The Hall–Kier alpha value is -3.09. The second kappa shape index (κ2) is 9.61. The number of carbonyl (C=O) groups excluding carboxylic acids is 2. The number of furan rings is 1. The molecule has 0 radical (unpaired) electrons. The van der Waals surface area contributed by atoms with E-state index in [1.165, 1.54) is 12.3 Å². The maximum Gasteiger partial charge on any atom is 0.339 e. The normalized spacial score (nSPS) is 11.1. The Morgan fingerprint density at radius 1 is 1.07 bits per heavy atom. The van der Waals surface area contributed by atoms with Gasteiger partial charge in [0.25, 0.3) is 5.91 Å². The molecular weight excluding hydrogens is 427 g/mol. The van der Waals surface area contributed by atoms with E-state index >= 15 is 0 Å². The SMILES string of the molecule is CC(C)OC(=O)c1ccc(Cl)cc1-c1ccc(/C=N\NC(=O)c2cccc(Cl)c2)o1. The summed E-state index contributed by atoms with van der Waals surface area (Å²) in [6.45, 7) is 3.54. The number of halogens is 2. The Morgan fingerprint density at radius 2 is 1.83 bits per heavy atom. The average Bonchev–Trinajstić information content (AvgIpc) is 3.16. The lowest BCUT2D eigenvalue weighted by Crippen LogP contribution is -2.17. The Labute approximate surface area is 183 Å². The van der Waals surface area contributed by atoms with Crippen molar-refractivity contribution in [1.82, 2.24) is 5.43 Å². The van der Waals surface area contributed by atoms with Crippen LogP contribution in [0.15, 0.2) is 64.1 Å². The van der Waals surface area contributed by atoms with E-state index in [4.69, 9.17) is 32.4 Å². The highest BCUT2D eigenvalue weighted by Gasteiger charge is 2.18. The van der Waals surface area contributed by atoms with Crippen LogP contribution in [-0.2, 0) is 4.74 Å². The lowest BCUT2D eigenvalue weighted by atomic mass is 10.1. The van der Waals surface area contributed by atoms with Crippen molar-refractivity contribution in [3.63, 3.8) is 0 Å². The number of hydrogen-bond donors (Lipinski definition) is 1. The molecule has 8 heteroatoms. The number of hydrogen-bond acceptors (Lipinski definition) is 5. The van der Waals surface area contributed by atoms with Crippen LogP contribution in [-0.4, -0.2) is 24.2 Å². The van der Waals surface area contributed by atoms with Crippen LogP contribution in [0.2, 0.25) is 10.0 Å². The molecule has 0 spiro atoms. The zero-order valence-electron chi connectivity index (χ0n) is 16.2. The molecule has 0 fully saturated rings. The Kier molecular flexibility index (Phi) is 6.92. The van der Waals surface area contributed by atoms with Gasteiger partial charge in [0.15, 0.2) is 0 Å². The van der Waals surface area contributed by atoms with Gasteiger partial charge in [0.05, 0.1) is 17.9 Å². The molecule has 6 nitrogen and oxygen atoms in total. The van der Waals surface area contributed by atoms with Gasteiger partial charge in [-0.25, -0.2) is 10.2 Å². The summed E-state index contributed by atoms with van der Waals surface area (Å²) in [4.78, 5) is 24.5. The summed E-state index contributed by atoms with van der Waals surface area (Å²) in [6, 6.07) is 14.7. The minimum Gasteiger partial charge on any atom is -0.459 e. The van der Waals surface area contributed by atoms with Gasteiger partial charge in [-0.3, -0.25) is 4.79 Å². The molecule has 0 atom stereocenters. The molecule has 0 saturated carbocycles. The molecule has 1 amide bonds. The van der Waals surface area contributed by atoms with Crippen LogP contribution in [0.5, 0.6) is 0 Å². The molecule has 2 aromatic carbocycles. The second-order valence-corrected chi connectivity index (χ2v) is 7.43. The van der Waals surface area contributed by atoms with Gasteiger partial charge in [0.2, 0.25) is 0 Å². The monoisotopic (exact) mass is 444 g/mol. The van der Waals surface area contributed by atoms with Crippen LogP contribution in [0, 0.1) is 0 Å². The van der Waals surface area contributed by atoms with E-state index in [9.17, 15) is 9.59 Å². The summed E-state index contributed by atoms with van der Waals surface area (Å²) >= 11 is 12.0. The number of nitrogens with one attached hydrogen (secondary N) is 1. The molecule has 0 unspecified atom stereocenters. The van der Waals surface area contributed by atoms with Crippen molar-refractivity contribution in [2.24, 2.45) is 5.10 Å². The van der Waals surface area contributed by atoms with E-state index in [0.29, 0.717) is 38.3 Å². The van der Waals surface area contributed by atoms with E-state index in [1.807, 2.05) is 0 Å². The van der Waals surface area contributed by atoms with Gasteiger partial charge >= 0.3 is 5.97 Å². The summed E-state index contributed by atoms with van der Waals surface area (Å²) in [7, 11) is 0. The quantitative estimate of drug-likeness (QED) is 0.305. The fraction of sp³-hybridized carbons (Fsp3) is 0.136. The summed E-state index contributed by atoms with van der Waals surface area (Å²) in [5, 5.41) is 4.79. The van der Waals surface area contributed by atoms with Crippen LogP contribution in [0.1, 0.15) is 40.3 Å². The highest BCUT2D eigenvalue weighted by Crippen LogP contribution is 2.29. The van der Waals surface area contributed by atoms with Crippen LogP contribution < -0.4 is 5.43 Å². The number of benzene rings is 2. The van der Waals surface area contributed by atoms with Gasteiger partial charge in [0.1, 0.15) is 11.5 Å². The zero-order chi connectivity index (χ0) is 21.7. The fourth-order valence-electron chi connectivity index (χ4n) is 2.59. The van der Waals surface area contributed by atoms with Crippen molar-refractivity contribution >= 4 is 41.3 Å². The third-order valence-corrected chi connectivity index (χ3v) is 4.35. The maximum absolute atomic E-state index is 12.4. The molecule has 154 valence electrons. The number of nitrogens with zero attached hydrogens (tertiary/aromatic N) is 1. The molecule has 3 rings (SSSR count). The molecule has 0 aliphatic rings. The van der Waals surface area contributed by atoms with E-state index in [0.717, 1.165) is 0 Å². The van der Waals surface area contributed by atoms with Crippen molar-refractivity contribution in [2.45, 2.75) is 20.0 Å². The smallest absolute Gasteiger partial charge is 0.339 e. The van der Waals surface area contributed by atoms with Gasteiger partial charge in [-0.05, 0) is 62.4 Å². The highest BCUT2D eigenvalue weighted by molar-refractivity contribution is 6.31. The third kappa shape index (κ3) is 5.49. The minimum absolute atomic E-state index is 0.261. The molecule has 0 aliphatic heterocycles. The summed E-state index contributed by atoms with van der Waals surface area (Å²) in [6.07, 6.45) is 1.09. The first-order chi connectivity index (χ1) is 14.3. The number of carbonyl (C=O) groups is 2. The number of ether oxygens (including phenoxy) is 1. The minimum atomic E-state index is -0.475. The predicted molar refractivity (Wildman–Crippen MR) is 116 cm³/mol. The molecule has 1 N–H and O–H groups in total. The largest absolute Gasteiger partial charge is 0.459 e. The predicted octanol–water partition coefficient (Wildman–Crippen LogP) is 5.58. The van der Waals surface area contributed by atoms with E-state index in [-0.39, 0.29) is 6.10 Å². The molecule has 1 aromatic heterocycles. The van der Waals surface area contributed by atoms with Crippen LogP contribution in [0.4, 0.5) is 0 Å². The lowest BCUT2D eigenvalue weighted by molar-refractivity contribution is 0.0378. The van der Waals surface area contributed by atoms with Crippen molar-refractivity contribution in [3.8, 4) is 11.3 Å². The number of rotatable bonds is 6. The molecule has 30 heavy (non-hydrogen) atoms. The standard InChI is InChI=1S/C22H18Cl2N2O4/c1-13(2)29-22(28)18-8-6-16(24)11-19(18)20-9-7-17(30-20)12-25-26-21(27)14-4-3-5-15(23)10-14/h3-13H,1-2H3,(H,26,27)/b25-12-. The molecule has 0 bridgehead atoms. The number of amides is 1. The Balaban J connectivity index is 1.76. The van der Waals surface area contributed by atoms with Gasteiger partial charge in [-0.2, -0.15) is 5.10 Å². The molecule has 3 aromatic rings. The topological polar surface area (TPSA) is 80.9 Å². The van der Waals surface area contributed by atoms with Gasteiger partial charge in [-0.15, -0.1) is 0 Å². The van der Waals surface area contributed by atoms with Crippen molar-refractivity contribution in [3.05, 3.63) is 81.5 Å². The first kappa shape index (κ1) is 21.6. The highest BCUT2D eigenvalue weighted by atomic mass is 35.5. The van der Waals surface area contributed by atoms with Gasteiger partial charge in [-0.1, -0.05) is 29.3 Å². The summed E-state index contributed by atoms with van der Waals surface area (Å²) < 4.78 is 11.0. The summed E-state index contributed by atoms with van der Waals surface area (Å²) in [5.74, 6) is -0.0958. The van der Waals surface area contributed by atoms with Crippen molar-refractivity contribution < 1.29 is 18.7 Å². The number of hydrazone groups is 1. The van der Waals surface area contributed by atoms with Gasteiger partial charge < -0.3 is 9.15 Å². The summed E-state index contributed by atoms with van der Waals surface area (Å²) in [5.41, 5.74) is 3.61. The van der Waals surface area contributed by atoms with E-state index in [1.54, 1.807) is 62.4 Å². The van der Waals surface area contributed by atoms with Gasteiger partial charge in [0, 0.05) is 21.2 Å².